The minimum absolute atomic E-state index is 0.00144. The van der Waals surface area contributed by atoms with Crippen molar-refractivity contribution >= 4 is 55.3 Å². The van der Waals surface area contributed by atoms with Gasteiger partial charge in [-0.25, -0.2) is 0 Å². The van der Waals surface area contributed by atoms with Crippen molar-refractivity contribution in [2.45, 2.75) is 11.8 Å². The summed E-state index contributed by atoms with van der Waals surface area (Å²) in [7, 11) is 1.87. The van der Waals surface area contributed by atoms with Gasteiger partial charge >= 0.3 is 0 Å². The number of nitrogens with zero attached hydrogens (tertiary/aromatic N) is 3. The quantitative estimate of drug-likeness (QED) is 0.686. The minimum Gasteiger partial charge on any atom is -0.291 e. The molecule has 0 N–H and O–H groups in total. The van der Waals surface area contributed by atoms with Gasteiger partial charge in [-0.3, -0.25) is 14.4 Å². The minimum atomic E-state index is 0.00144. The summed E-state index contributed by atoms with van der Waals surface area (Å²) >= 11 is 8.75. The molecule has 7 heteroatoms. The van der Waals surface area contributed by atoms with Crippen LogP contribution in [0, 0.1) is 6.92 Å². The number of aryl methyl sites for hydroxylation is 1. The fourth-order valence-electron chi connectivity index (χ4n) is 2.30. The lowest BCUT2D eigenvalue weighted by Crippen LogP contribution is -2.36. The Kier molecular flexibility index (Phi) is 4.16. The van der Waals surface area contributed by atoms with Crippen LogP contribution in [0.3, 0.4) is 0 Å². The second-order valence-electron chi connectivity index (χ2n) is 4.83. The van der Waals surface area contributed by atoms with Crippen LogP contribution >= 0.6 is 43.6 Å². The van der Waals surface area contributed by atoms with Crippen molar-refractivity contribution in [1.82, 2.24) is 9.78 Å². The topological polar surface area (TPSA) is 38.1 Å². The van der Waals surface area contributed by atoms with E-state index in [1.807, 2.05) is 37.2 Å². The molecule has 0 atom stereocenters. The molecule has 0 fully saturated rings. The molecule has 2 aromatic rings. The number of fused-ring (bicyclic) bond motifs is 1. The van der Waals surface area contributed by atoms with E-state index in [2.05, 4.69) is 37.0 Å². The van der Waals surface area contributed by atoms with Crippen LogP contribution in [-0.4, -0.2) is 28.0 Å². The molecular weight excluding hydrogens is 418 g/mol. The molecule has 1 aromatic heterocycles. The highest BCUT2D eigenvalue weighted by Crippen LogP contribution is 2.35. The molecule has 0 aliphatic carbocycles. The Balaban J connectivity index is 2.02. The van der Waals surface area contributed by atoms with Crippen LogP contribution in [0.1, 0.15) is 15.9 Å². The van der Waals surface area contributed by atoms with E-state index >= 15 is 0 Å². The molecule has 0 bridgehead atoms. The number of hydrogen-bond donors (Lipinski definition) is 0. The summed E-state index contributed by atoms with van der Waals surface area (Å²) < 4.78 is 3.62. The smallest absolute Gasteiger partial charge is 0.259 e. The summed E-state index contributed by atoms with van der Waals surface area (Å²) in [6.07, 6.45) is 1.82. The van der Waals surface area contributed by atoms with Crippen LogP contribution in [0.2, 0.25) is 0 Å². The standard InChI is InChI=1S/C14H13Br2N3OS/c1-8-10(15)5-9(6-11(8)16)14(20)19-3-4-21-12-7-17-18(2)13(12)19/h5-7H,3-4H2,1-2H3. The second kappa shape index (κ2) is 5.78. The van der Waals surface area contributed by atoms with Gasteiger partial charge in [0.25, 0.3) is 5.91 Å². The lowest BCUT2D eigenvalue weighted by Gasteiger charge is -2.27. The maximum Gasteiger partial charge on any atom is 0.259 e. The number of benzene rings is 1. The van der Waals surface area contributed by atoms with Crippen molar-refractivity contribution in [2.75, 3.05) is 17.2 Å². The van der Waals surface area contributed by atoms with Crippen molar-refractivity contribution in [3.8, 4) is 0 Å². The van der Waals surface area contributed by atoms with E-state index in [1.165, 1.54) is 0 Å². The molecule has 4 nitrogen and oxygen atoms in total. The first-order valence-electron chi connectivity index (χ1n) is 6.41. The Bertz CT molecular complexity index is 706. The molecule has 3 rings (SSSR count). The normalized spacial score (nSPS) is 14.2. The van der Waals surface area contributed by atoms with Gasteiger partial charge in [-0.15, -0.1) is 11.8 Å². The molecule has 1 aliphatic heterocycles. The van der Waals surface area contributed by atoms with Crippen LogP contribution in [0.15, 0.2) is 32.2 Å². The van der Waals surface area contributed by atoms with E-state index in [1.54, 1.807) is 16.4 Å². The molecule has 0 radical (unpaired) electrons. The van der Waals surface area contributed by atoms with Gasteiger partial charge in [0.2, 0.25) is 0 Å². The fraction of sp³-hybridized carbons (Fsp3) is 0.286. The lowest BCUT2D eigenvalue weighted by molar-refractivity contribution is 0.0986. The van der Waals surface area contributed by atoms with E-state index < -0.39 is 0 Å². The highest BCUT2D eigenvalue weighted by Gasteiger charge is 2.27. The van der Waals surface area contributed by atoms with Gasteiger partial charge in [-0.1, -0.05) is 31.9 Å². The molecule has 1 amide bonds. The Labute approximate surface area is 144 Å². The number of carbonyl (C=O) groups excluding carboxylic acids is 1. The summed E-state index contributed by atoms with van der Waals surface area (Å²) in [4.78, 5) is 15.7. The van der Waals surface area contributed by atoms with Crippen LogP contribution < -0.4 is 4.90 Å². The van der Waals surface area contributed by atoms with Crippen LogP contribution in [-0.2, 0) is 7.05 Å². The number of anilines is 1. The van der Waals surface area contributed by atoms with Gasteiger partial charge in [0.15, 0.2) is 0 Å². The highest BCUT2D eigenvalue weighted by atomic mass is 79.9. The third-order valence-corrected chi connectivity index (χ3v) is 6.11. The number of aromatic nitrogens is 2. The van der Waals surface area contributed by atoms with Crippen molar-refractivity contribution in [3.05, 3.63) is 38.4 Å². The predicted molar refractivity (Wildman–Crippen MR) is 92.2 cm³/mol. The first-order valence-corrected chi connectivity index (χ1v) is 8.98. The zero-order chi connectivity index (χ0) is 15.1. The molecule has 0 spiro atoms. The summed E-state index contributed by atoms with van der Waals surface area (Å²) in [6, 6.07) is 3.75. The first kappa shape index (κ1) is 15.1. The number of carbonyl (C=O) groups is 1. The molecule has 1 aliphatic rings. The molecule has 21 heavy (non-hydrogen) atoms. The molecule has 0 saturated heterocycles. The Hall–Kier alpha value is -0.790. The van der Waals surface area contributed by atoms with Gasteiger partial charge in [0.05, 0.1) is 11.1 Å². The van der Waals surface area contributed by atoms with E-state index in [-0.39, 0.29) is 5.91 Å². The Morgan fingerprint density at radius 2 is 2.00 bits per heavy atom. The van der Waals surface area contributed by atoms with E-state index in [9.17, 15) is 4.79 Å². The predicted octanol–water partition coefficient (Wildman–Crippen LogP) is 4.01. The fourth-order valence-corrected chi connectivity index (χ4v) is 4.47. The molecule has 2 heterocycles. The zero-order valence-corrected chi connectivity index (χ0v) is 15.5. The molecule has 0 unspecified atom stereocenters. The summed E-state index contributed by atoms with van der Waals surface area (Å²) in [5.41, 5.74) is 1.75. The van der Waals surface area contributed by atoms with Crippen molar-refractivity contribution in [1.29, 1.82) is 0 Å². The molecule has 1 aromatic carbocycles. The summed E-state index contributed by atoms with van der Waals surface area (Å²) in [5.74, 6) is 1.77. The lowest BCUT2D eigenvalue weighted by atomic mass is 10.1. The maximum atomic E-state index is 12.9. The van der Waals surface area contributed by atoms with E-state index in [4.69, 9.17) is 0 Å². The Morgan fingerprint density at radius 3 is 2.67 bits per heavy atom. The third-order valence-electron chi connectivity index (χ3n) is 3.48. The summed E-state index contributed by atoms with van der Waals surface area (Å²) in [5, 5.41) is 4.26. The number of amides is 1. The Morgan fingerprint density at radius 1 is 1.33 bits per heavy atom. The average Bonchev–Trinajstić information content (AvgIpc) is 2.85. The monoisotopic (exact) mass is 429 g/mol. The largest absolute Gasteiger partial charge is 0.291 e. The van der Waals surface area contributed by atoms with E-state index in [0.29, 0.717) is 12.1 Å². The van der Waals surface area contributed by atoms with Gasteiger partial charge in [0.1, 0.15) is 5.82 Å². The van der Waals surface area contributed by atoms with Crippen molar-refractivity contribution < 1.29 is 4.79 Å². The number of rotatable bonds is 1. The SMILES string of the molecule is Cc1c(Br)cc(C(=O)N2CCSc3cnn(C)c32)cc1Br. The second-order valence-corrected chi connectivity index (χ2v) is 7.67. The maximum absolute atomic E-state index is 12.9. The zero-order valence-electron chi connectivity index (χ0n) is 11.6. The molecule has 110 valence electrons. The van der Waals surface area contributed by atoms with Crippen LogP contribution in [0.4, 0.5) is 5.82 Å². The third kappa shape index (κ3) is 2.66. The number of halogens is 2. The molecule has 0 saturated carbocycles. The molecular formula is C14H13Br2N3OS. The van der Waals surface area contributed by atoms with Crippen LogP contribution in [0.25, 0.3) is 0 Å². The number of thioether (sulfide) groups is 1. The highest BCUT2D eigenvalue weighted by molar-refractivity contribution is 9.11. The van der Waals surface area contributed by atoms with Gasteiger partial charge in [0, 0.05) is 33.9 Å². The van der Waals surface area contributed by atoms with Crippen LogP contribution in [0.5, 0.6) is 0 Å². The number of hydrogen-bond acceptors (Lipinski definition) is 3. The van der Waals surface area contributed by atoms with Gasteiger partial charge < -0.3 is 0 Å². The van der Waals surface area contributed by atoms with E-state index in [0.717, 1.165) is 31.0 Å². The van der Waals surface area contributed by atoms with Crippen molar-refractivity contribution in [2.24, 2.45) is 7.05 Å². The van der Waals surface area contributed by atoms with Gasteiger partial charge in [-0.2, -0.15) is 5.10 Å². The van der Waals surface area contributed by atoms with Crippen molar-refractivity contribution in [3.63, 3.8) is 0 Å². The average molecular weight is 431 g/mol. The first-order chi connectivity index (χ1) is 9.99. The van der Waals surface area contributed by atoms with Gasteiger partial charge in [-0.05, 0) is 24.6 Å². The summed E-state index contributed by atoms with van der Waals surface area (Å²) in [6.45, 7) is 2.69.